The Morgan fingerprint density at radius 1 is 1.00 bits per heavy atom. The zero-order valence-corrected chi connectivity index (χ0v) is 11.4. The van der Waals surface area contributed by atoms with E-state index >= 15 is 0 Å². The molecule has 0 aromatic heterocycles. The van der Waals surface area contributed by atoms with E-state index in [1.54, 1.807) is 37.3 Å². The smallest absolute Gasteiger partial charge is 0.387 e. The summed E-state index contributed by atoms with van der Waals surface area (Å²) in [5.41, 5.74) is 1.50. The highest BCUT2D eigenvalue weighted by Gasteiger charge is 2.04. The SMILES string of the molecule is CCc1ccccc1F.Cc1ccccc1OC(F)F. The van der Waals surface area contributed by atoms with Crippen LogP contribution in [0.5, 0.6) is 5.75 Å². The molecule has 4 heteroatoms. The number of ether oxygens (including phenoxy) is 1. The zero-order chi connectivity index (χ0) is 15.0. The van der Waals surface area contributed by atoms with E-state index in [1.165, 1.54) is 12.1 Å². The van der Waals surface area contributed by atoms with E-state index in [9.17, 15) is 13.2 Å². The molecular formula is C16H17F3O. The quantitative estimate of drug-likeness (QED) is 0.771. The van der Waals surface area contributed by atoms with E-state index < -0.39 is 6.61 Å². The molecule has 2 rings (SSSR count). The number of aryl methyl sites for hydroxylation is 2. The summed E-state index contributed by atoms with van der Waals surface area (Å²) in [6.07, 6.45) is 0.771. The van der Waals surface area contributed by atoms with Crippen molar-refractivity contribution in [2.24, 2.45) is 0 Å². The summed E-state index contributed by atoms with van der Waals surface area (Å²) >= 11 is 0. The summed E-state index contributed by atoms with van der Waals surface area (Å²) in [6, 6.07) is 13.5. The summed E-state index contributed by atoms with van der Waals surface area (Å²) in [7, 11) is 0. The van der Waals surface area contributed by atoms with Gasteiger partial charge in [-0.05, 0) is 36.6 Å². The van der Waals surface area contributed by atoms with Crippen LogP contribution in [-0.2, 0) is 6.42 Å². The highest BCUT2D eigenvalue weighted by Crippen LogP contribution is 2.18. The van der Waals surface area contributed by atoms with Gasteiger partial charge in [0.25, 0.3) is 0 Å². The Kier molecular flexibility index (Phi) is 6.64. The van der Waals surface area contributed by atoms with E-state index in [4.69, 9.17) is 0 Å². The highest BCUT2D eigenvalue weighted by atomic mass is 19.3. The van der Waals surface area contributed by atoms with E-state index in [1.807, 2.05) is 13.0 Å². The molecule has 0 saturated carbocycles. The van der Waals surface area contributed by atoms with E-state index in [2.05, 4.69) is 4.74 Å². The second-order valence-corrected chi connectivity index (χ2v) is 4.09. The van der Waals surface area contributed by atoms with Gasteiger partial charge in [0, 0.05) is 0 Å². The fraction of sp³-hybridized carbons (Fsp3) is 0.250. The fourth-order valence-electron chi connectivity index (χ4n) is 1.57. The summed E-state index contributed by atoms with van der Waals surface area (Å²) < 4.78 is 40.2. The molecule has 20 heavy (non-hydrogen) atoms. The Balaban J connectivity index is 0.000000204. The van der Waals surface area contributed by atoms with Crippen molar-refractivity contribution in [3.8, 4) is 5.75 Å². The van der Waals surface area contributed by atoms with Crippen molar-refractivity contribution in [1.29, 1.82) is 0 Å². The van der Waals surface area contributed by atoms with Crippen LogP contribution >= 0.6 is 0 Å². The van der Waals surface area contributed by atoms with Gasteiger partial charge in [-0.25, -0.2) is 4.39 Å². The van der Waals surface area contributed by atoms with Crippen LogP contribution in [0.4, 0.5) is 13.2 Å². The van der Waals surface area contributed by atoms with Crippen LogP contribution in [-0.4, -0.2) is 6.61 Å². The van der Waals surface area contributed by atoms with Crippen LogP contribution in [0.3, 0.4) is 0 Å². The molecule has 0 aliphatic heterocycles. The number of rotatable bonds is 3. The van der Waals surface area contributed by atoms with Gasteiger partial charge in [-0.3, -0.25) is 0 Å². The third-order valence-electron chi connectivity index (χ3n) is 2.65. The number of alkyl halides is 2. The molecule has 2 aromatic carbocycles. The predicted octanol–water partition coefficient (Wildman–Crippen LogP) is 4.98. The number of hydrogen-bond donors (Lipinski definition) is 0. The van der Waals surface area contributed by atoms with Gasteiger partial charge in [-0.2, -0.15) is 8.78 Å². The Hall–Kier alpha value is -1.97. The zero-order valence-electron chi connectivity index (χ0n) is 11.4. The van der Waals surface area contributed by atoms with Gasteiger partial charge >= 0.3 is 6.61 Å². The monoisotopic (exact) mass is 282 g/mol. The van der Waals surface area contributed by atoms with Gasteiger partial charge in [-0.1, -0.05) is 43.3 Å². The molecule has 0 aliphatic carbocycles. The van der Waals surface area contributed by atoms with Gasteiger partial charge in [0.05, 0.1) is 0 Å². The van der Waals surface area contributed by atoms with E-state index in [0.29, 0.717) is 5.56 Å². The summed E-state index contributed by atoms with van der Waals surface area (Å²) in [5.74, 6) is 0.141. The van der Waals surface area contributed by atoms with Crippen molar-refractivity contribution in [2.45, 2.75) is 26.9 Å². The standard InChI is InChI=1S/C8H8F2O.C8H9F/c1-6-4-2-3-5-7(6)11-8(9)10;1-2-7-5-3-4-6-8(7)9/h2-5,8H,1H3;3-6H,2H2,1H3. The van der Waals surface area contributed by atoms with Crippen LogP contribution in [0.1, 0.15) is 18.1 Å². The van der Waals surface area contributed by atoms with Gasteiger partial charge in [0.2, 0.25) is 0 Å². The molecule has 2 aromatic rings. The second-order valence-electron chi connectivity index (χ2n) is 4.09. The van der Waals surface area contributed by atoms with Gasteiger partial charge in [0.15, 0.2) is 0 Å². The van der Waals surface area contributed by atoms with E-state index in [0.717, 1.165) is 12.0 Å². The molecule has 0 heterocycles. The Morgan fingerprint density at radius 2 is 1.60 bits per heavy atom. The van der Waals surface area contributed by atoms with Crippen molar-refractivity contribution in [3.05, 3.63) is 65.5 Å². The Labute approximate surface area is 117 Å². The molecule has 0 N–H and O–H groups in total. The first-order valence-corrected chi connectivity index (χ1v) is 6.28. The van der Waals surface area contributed by atoms with Crippen molar-refractivity contribution < 1.29 is 17.9 Å². The third kappa shape index (κ3) is 5.34. The maximum atomic E-state index is 12.6. The van der Waals surface area contributed by atoms with Crippen molar-refractivity contribution in [1.82, 2.24) is 0 Å². The normalized spacial score (nSPS) is 9.90. The lowest BCUT2D eigenvalue weighted by Gasteiger charge is -2.05. The van der Waals surface area contributed by atoms with Gasteiger partial charge < -0.3 is 4.74 Å². The summed E-state index contributed by atoms with van der Waals surface area (Å²) in [6.45, 7) is 0.923. The average Bonchev–Trinajstić information content (AvgIpc) is 2.42. The topological polar surface area (TPSA) is 9.23 Å². The summed E-state index contributed by atoms with van der Waals surface area (Å²) in [5, 5.41) is 0. The van der Waals surface area contributed by atoms with Crippen LogP contribution in [0.15, 0.2) is 48.5 Å². The first-order chi connectivity index (χ1) is 9.54. The predicted molar refractivity (Wildman–Crippen MR) is 73.6 cm³/mol. The lowest BCUT2D eigenvalue weighted by atomic mass is 10.2. The minimum absolute atomic E-state index is 0.0972. The maximum Gasteiger partial charge on any atom is 0.387 e. The average molecular weight is 282 g/mol. The lowest BCUT2D eigenvalue weighted by Crippen LogP contribution is -2.02. The number of benzene rings is 2. The van der Waals surface area contributed by atoms with Crippen LogP contribution in [0.25, 0.3) is 0 Å². The number of halogens is 3. The van der Waals surface area contributed by atoms with Gasteiger partial charge in [0.1, 0.15) is 11.6 Å². The lowest BCUT2D eigenvalue weighted by molar-refractivity contribution is -0.0502. The molecule has 0 spiro atoms. The molecule has 0 atom stereocenters. The Bertz CT molecular complexity index is 527. The van der Waals surface area contributed by atoms with Crippen LogP contribution in [0.2, 0.25) is 0 Å². The molecule has 108 valence electrons. The number of para-hydroxylation sites is 1. The summed E-state index contributed by atoms with van der Waals surface area (Å²) in [4.78, 5) is 0. The van der Waals surface area contributed by atoms with Crippen molar-refractivity contribution in [3.63, 3.8) is 0 Å². The largest absolute Gasteiger partial charge is 0.435 e. The van der Waals surface area contributed by atoms with Gasteiger partial charge in [-0.15, -0.1) is 0 Å². The molecule has 0 saturated heterocycles. The molecule has 1 nitrogen and oxygen atoms in total. The Morgan fingerprint density at radius 3 is 2.10 bits per heavy atom. The molecule has 0 bridgehead atoms. The number of hydrogen-bond acceptors (Lipinski definition) is 1. The fourth-order valence-corrected chi connectivity index (χ4v) is 1.57. The first kappa shape index (κ1) is 16.1. The maximum absolute atomic E-state index is 12.6. The molecule has 0 fully saturated rings. The molecule has 0 unspecified atom stereocenters. The molecule has 0 radical (unpaired) electrons. The molecule has 0 aliphatic rings. The minimum atomic E-state index is -2.74. The van der Waals surface area contributed by atoms with Crippen LogP contribution in [0, 0.1) is 12.7 Å². The van der Waals surface area contributed by atoms with E-state index in [-0.39, 0.29) is 11.6 Å². The highest BCUT2D eigenvalue weighted by molar-refractivity contribution is 5.31. The minimum Gasteiger partial charge on any atom is -0.435 e. The third-order valence-corrected chi connectivity index (χ3v) is 2.65. The molecular weight excluding hydrogens is 265 g/mol. The second kappa shape index (κ2) is 8.25. The first-order valence-electron chi connectivity index (χ1n) is 6.28. The van der Waals surface area contributed by atoms with Crippen LogP contribution < -0.4 is 4.74 Å². The van der Waals surface area contributed by atoms with Crippen molar-refractivity contribution >= 4 is 0 Å². The molecule has 0 amide bonds. The van der Waals surface area contributed by atoms with Crippen molar-refractivity contribution in [2.75, 3.05) is 0 Å².